The van der Waals surface area contributed by atoms with Crippen LogP contribution in [0.25, 0.3) is 10.9 Å². The van der Waals surface area contributed by atoms with Gasteiger partial charge < -0.3 is 33.7 Å². The lowest BCUT2D eigenvalue weighted by Gasteiger charge is -2.30. The van der Waals surface area contributed by atoms with E-state index in [4.69, 9.17) is 28.7 Å². The van der Waals surface area contributed by atoms with Crippen LogP contribution >= 0.6 is 0 Å². The van der Waals surface area contributed by atoms with Gasteiger partial charge in [-0.2, -0.15) is 0 Å². The summed E-state index contributed by atoms with van der Waals surface area (Å²) < 4.78 is 27.9. The quantitative estimate of drug-likeness (QED) is 0.566. The van der Waals surface area contributed by atoms with Gasteiger partial charge in [-0.05, 0) is 19.1 Å². The van der Waals surface area contributed by atoms with E-state index in [9.17, 15) is 9.90 Å². The molecule has 0 saturated carbocycles. The van der Waals surface area contributed by atoms with Crippen molar-refractivity contribution in [3.63, 3.8) is 0 Å². The number of methoxy groups -OCH3 is 2. The minimum atomic E-state index is -1.01. The summed E-state index contributed by atoms with van der Waals surface area (Å²) >= 11 is 0. The molecule has 172 valence electrons. The summed E-state index contributed by atoms with van der Waals surface area (Å²) in [5.41, 5.74) is 4.26. The number of rotatable bonds is 6. The lowest BCUT2D eigenvalue weighted by atomic mass is 10.0. The van der Waals surface area contributed by atoms with Crippen LogP contribution in [-0.4, -0.2) is 49.9 Å². The molecule has 9 nitrogen and oxygen atoms in total. The maximum atomic E-state index is 11.4. The number of nitrogens with zero attached hydrogens (tertiary/aromatic N) is 2. The molecule has 2 unspecified atom stereocenters. The fraction of sp³-hybridized carbons (Fsp3) is 0.333. The van der Waals surface area contributed by atoms with Crippen molar-refractivity contribution in [2.45, 2.75) is 32.4 Å². The van der Waals surface area contributed by atoms with Crippen molar-refractivity contribution in [1.82, 2.24) is 4.98 Å². The van der Waals surface area contributed by atoms with Gasteiger partial charge in [-0.3, -0.25) is 4.79 Å². The molecule has 1 aromatic heterocycles. The van der Waals surface area contributed by atoms with Crippen molar-refractivity contribution in [1.29, 1.82) is 0 Å². The van der Waals surface area contributed by atoms with Gasteiger partial charge in [0, 0.05) is 34.7 Å². The fourth-order valence-corrected chi connectivity index (χ4v) is 4.55. The second kappa shape index (κ2) is 8.32. The van der Waals surface area contributed by atoms with E-state index in [2.05, 4.69) is 0 Å². The van der Waals surface area contributed by atoms with E-state index >= 15 is 0 Å². The molecule has 5 rings (SSSR count). The van der Waals surface area contributed by atoms with Crippen LogP contribution in [0.5, 0.6) is 23.0 Å². The summed E-state index contributed by atoms with van der Waals surface area (Å²) in [6.45, 7) is 2.82. The summed E-state index contributed by atoms with van der Waals surface area (Å²) in [6, 6.07) is 9.22. The zero-order valence-corrected chi connectivity index (χ0v) is 18.5. The number of hydrogen-bond acceptors (Lipinski definition) is 9. The van der Waals surface area contributed by atoms with Crippen molar-refractivity contribution in [3.8, 4) is 23.0 Å². The number of ether oxygens (including phenoxy) is 5. The summed E-state index contributed by atoms with van der Waals surface area (Å²) in [5.74, 6) is 2.26. The third-order valence-corrected chi connectivity index (χ3v) is 6.02. The van der Waals surface area contributed by atoms with Crippen LogP contribution in [0.1, 0.15) is 16.8 Å². The summed E-state index contributed by atoms with van der Waals surface area (Å²) in [5, 5.41) is 10.6. The molecule has 0 bridgehead atoms. The van der Waals surface area contributed by atoms with Gasteiger partial charge in [0.05, 0.1) is 26.5 Å². The van der Waals surface area contributed by atoms with Crippen molar-refractivity contribution < 1.29 is 33.6 Å². The SMILES string of the molecule is COc1cc(OC)c2nc(C)c3c(c2c1)N(Cc1cccc2c1OCC(O)O2)C(OC=O)C3. The number of pyridine rings is 1. The number of aliphatic hydroxyl groups excluding tert-OH is 1. The van der Waals surface area contributed by atoms with Gasteiger partial charge in [0.25, 0.3) is 6.47 Å². The number of aliphatic hydroxyl groups is 1. The first-order valence-corrected chi connectivity index (χ1v) is 10.5. The molecule has 3 aromatic rings. The number of fused-ring (bicyclic) bond motifs is 4. The molecule has 0 spiro atoms. The standard InChI is InChI=1S/C24H24N2O7/c1-13-16-9-20(32-12-27)26(10-14-5-4-6-18-24(14)31-11-21(28)33-18)23(16)17-7-15(29-2)8-19(30-3)22(17)25-13/h4-8,12,20-21,28H,9-11H2,1-3H3. The van der Waals surface area contributed by atoms with Gasteiger partial charge in [0.2, 0.25) is 6.29 Å². The van der Waals surface area contributed by atoms with Gasteiger partial charge in [-0.15, -0.1) is 0 Å². The molecule has 2 aliphatic rings. The first kappa shape index (κ1) is 21.1. The summed E-state index contributed by atoms with van der Waals surface area (Å²) in [7, 11) is 3.19. The Balaban J connectivity index is 1.67. The molecule has 2 aliphatic heterocycles. The van der Waals surface area contributed by atoms with E-state index in [1.165, 1.54) is 0 Å². The van der Waals surface area contributed by atoms with Crippen LogP contribution in [0.2, 0.25) is 0 Å². The van der Waals surface area contributed by atoms with Crippen molar-refractivity contribution in [2.75, 3.05) is 25.7 Å². The highest BCUT2D eigenvalue weighted by Crippen LogP contribution is 2.45. The molecule has 1 N–H and O–H groups in total. The van der Waals surface area contributed by atoms with Crippen LogP contribution in [0.15, 0.2) is 30.3 Å². The highest BCUT2D eigenvalue weighted by atomic mass is 16.7. The number of para-hydroxylation sites is 1. The Labute approximate surface area is 190 Å². The maximum absolute atomic E-state index is 11.4. The monoisotopic (exact) mass is 452 g/mol. The van der Waals surface area contributed by atoms with E-state index < -0.39 is 12.5 Å². The van der Waals surface area contributed by atoms with Gasteiger partial charge in [-0.1, -0.05) is 12.1 Å². The Kier molecular flexibility index (Phi) is 5.33. The van der Waals surface area contributed by atoms with Crippen LogP contribution in [0, 0.1) is 6.92 Å². The second-order valence-corrected chi connectivity index (χ2v) is 7.90. The zero-order chi connectivity index (χ0) is 23.1. The minimum absolute atomic E-state index is 0.0369. The first-order chi connectivity index (χ1) is 16.0. The Morgan fingerprint density at radius 1 is 1.27 bits per heavy atom. The Morgan fingerprint density at radius 2 is 2.12 bits per heavy atom. The molecule has 2 aromatic carbocycles. The van der Waals surface area contributed by atoms with E-state index in [1.807, 2.05) is 30.0 Å². The molecule has 2 atom stereocenters. The Bertz CT molecular complexity index is 1230. The normalized spacial score (nSPS) is 18.7. The lowest BCUT2D eigenvalue weighted by molar-refractivity contribution is -0.133. The summed E-state index contributed by atoms with van der Waals surface area (Å²) in [4.78, 5) is 18.2. The van der Waals surface area contributed by atoms with E-state index in [0.29, 0.717) is 48.0 Å². The topological polar surface area (TPSA) is 99.6 Å². The predicted molar refractivity (Wildman–Crippen MR) is 119 cm³/mol. The van der Waals surface area contributed by atoms with E-state index in [0.717, 1.165) is 27.9 Å². The lowest BCUT2D eigenvalue weighted by Crippen LogP contribution is -2.34. The number of benzene rings is 2. The highest BCUT2D eigenvalue weighted by Gasteiger charge is 2.36. The number of aromatic nitrogens is 1. The molecule has 3 heterocycles. The van der Waals surface area contributed by atoms with Gasteiger partial charge in [0.1, 0.15) is 17.0 Å². The fourth-order valence-electron chi connectivity index (χ4n) is 4.55. The van der Waals surface area contributed by atoms with E-state index in [1.54, 1.807) is 26.4 Å². The highest BCUT2D eigenvalue weighted by molar-refractivity contribution is 5.99. The largest absolute Gasteiger partial charge is 0.497 e. The molecular weight excluding hydrogens is 428 g/mol. The summed E-state index contributed by atoms with van der Waals surface area (Å²) in [6.07, 6.45) is -1.04. The zero-order valence-electron chi connectivity index (χ0n) is 18.5. The molecule has 0 fully saturated rings. The van der Waals surface area contributed by atoms with Gasteiger partial charge in [-0.25, -0.2) is 4.98 Å². The second-order valence-electron chi connectivity index (χ2n) is 7.90. The van der Waals surface area contributed by atoms with Crippen LogP contribution in [0.3, 0.4) is 0 Å². The maximum Gasteiger partial charge on any atom is 0.295 e. The van der Waals surface area contributed by atoms with Crippen molar-refractivity contribution >= 4 is 23.1 Å². The third-order valence-electron chi connectivity index (χ3n) is 6.02. The average Bonchev–Trinajstić information content (AvgIpc) is 3.17. The molecule has 0 aliphatic carbocycles. The van der Waals surface area contributed by atoms with Crippen LogP contribution in [0.4, 0.5) is 5.69 Å². The third kappa shape index (κ3) is 3.54. The molecule has 0 amide bonds. The van der Waals surface area contributed by atoms with Crippen molar-refractivity contribution in [2.24, 2.45) is 0 Å². The molecule has 0 saturated heterocycles. The molecule has 33 heavy (non-hydrogen) atoms. The average molecular weight is 452 g/mol. The minimum Gasteiger partial charge on any atom is -0.497 e. The smallest absolute Gasteiger partial charge is 0.295 e. The van der Waals surface area contributed by atoms with E-state index in [-0.39, 0.29) is 6.61 Å². The predicted octanol–water partition coefficient (Wildman–Crippen LogP) is 2.71. The number of carbonyl (C=O) groups excluding carboxylic acids is 1. The Hall–Kier alpha value is -3.72. The van der Waals surface area contributed by atoms with Crippen LogP contribution < -0.4 is 23.8 Å². The number of anilines is 1. The van der Waals surface area contributed by atoms with Gasteiger partial charge >= 0.3 is 0 Å². The van der Waals surface area contributed by atoms with Gasteiger partial charge in [0.15, 0.2) is 24.3 Å². The number of hydrogen-bond donors (Lipinski definition) is 1. The van der Waals surface area contributed by atoms with Crippen molar-refractivity contribution in [3.05, 3.63) is 47.2 Å². The molecule has 9 heteroatoms. The molecular formula is C24H24N2O7. The first-order valence-electron chi connectivity index (χ1n) is 10.5. The Morgan fingerprint density at radius 3 is 2.88 bits per heavy atom. The number of aryl methyl sites for hydroxylation is 1. The van der Waals surface area contributed by atoms with Crippen LogP contribution in [-0.2, 0) is 22.5 Å². The number of carbonyl (C=O) groups is 1. The molecule has 0 radical (unpaired) electrons.